The van der Waals surface area contributed by atoms with Gasteiger partial charge in [-0.3, -0.25) is 4.79 Å². The first-order valence-corrected chi connectivity index (χ1v) is 9.00. The maximum absolute atomic E-state index is 13.0. The molecule has 144 valence electrons. The molecular weight excluding hydrogens is 350 g/mol. The Morgan fingerprint density at radius 3 is 2.41 bits per heavy atom. The Hall–Kier alpha value is -2.63. The Morgan fingerprint density at radius 1 is 1.19 bits per heavy atom. The lowest BCUT2D eigenvalue weighted by atomic mass is 10.0. The lowest BCUT2D eigenvalue weighted by Gasteiger charge is -2.23. The van der Waals surface area contributed by atoms with Crippen LogP contribution in [-0.2, 0) is 10.3 Å². The molecular formula is C21H24F2N2O2. The first kappa shape index (κ1) is 19.1. The van der Waals surface area contributed by atoms with E-state index in [1.54, 1.807) is 19.9 Å². The minimum Gasteiger partial charge on any atom is -0.433 e. The second-order valence-corrected chi connectivity index (χ2v) is 7.19. The van der Waals surface area contributed by atoms with Crippen molar-refractivity contribution in [2.45, 2.75) is 51.3 Å². The molecule has 1 aliphatic rings. The number of aryl methyl sites for hydroxylation is 1. The van der Waals surface area contributed by atoms with Gasteiger partial charge < -0.3 is 15.4 Å². The van der Waals surface area contributed by atoms with Crippen LogP contribution in [0.2, 0.25) is 0 Å². The number of benzene rings is 2. The number of halogens is 2. The average Bonchev–Trinajstić information content (AvgIpc) is 3.37. The molecule has 0 aliphatic heterocycles. The predicted octanol–water partition coefficient (Wildman–Crippen LogP) is 4.59. The van der Waals surface area contributed by atoms with Crippen molar-refractivity contribution >= 4 is 11.6 Å². The number of alkyl halides is 2. The number of hydrogen-bond acceptors (Lipinski definition) is 3. The Labute approximate surface area is 157 Å². The van der Waals surface area contributed by atoms with Crippen LogP contribution < -0.4 is 15.4 Å². The van der Waals surface area contributed by atoms with Gasteiger partial charge in [-0.2, -0.15) is 8.78 Å². The summed E-state index contributed by atoms with van der Waals surface area (Å²) in [4.78, 5) is 12.6. The van der Waals surface area contributed by atoms with Crippen molar-refractivity contribution in [2.24, 2.45) is 0 Å². The summed E-state index contributed by atoms with van der Waals surface area (Å²) in [6.07, 6.45) is -1.39. The highest BCUT2D eigenvalue weighted by atomic mass is 19.3. The van der Waals surface area contributed by atoms with Gasteiger partial charge in [0, 0.05) is 12.6 Å². The predicted molar refractivity (Wildman–Crippen MR) is 101 cm³/mol. The molecule has 2 N–H and O–H groups in total. The number of hydrogen-bond donors (Lipinski definition) is 2. The fourth-order valence-corrected chi connectivity index (χ4v) is 3.08. The number of anilines is 1. The van der Waals surface area contributed by atoms with Crippen LogP contribution in [-0.4, -0.2) is 18.1 Å². The highest BCUT2D eigenvalue weighted by molar-refractivity contribution is 5.85. The lowest BCUT2D eigenvalue weighted by molar-refractivity contribution is -0.158. The molecule has 2 aromatic carbocycles. The van der Waals surface area contributed by atoms with Gasteiger partial charge in [0.25, 0.3) is 0 Å². The summed E-state index contributed by atoms with van der Waals surface area (Å²) in [6, 6.07) is 14.1. The lowest BCUT2D eigenvalue weighted by Crippen LogP contribution is -2.43. The fourth-order valence-electron chi connectivity index (χ4n) is 3.08. The van der Waals surface area contributed by atoms with E-state index >= 15 is 0 Å². The zero-order valence-electron chi connectivity index (χ0n) is 15.7. The Kier molecular flexibility index (Phi) is 5.09. The molecule has 0 radical (unpaired) electrons. The molecule has 0 aromatic heterocycles. The van der Waals surface area contributed by atoms with Crippen LogP contribution in [0.3, 0.4) is 0 Å². The van der Waals surface area contributed by atoms with Crippen LogP contribution in [0.1, 0.15) is 37.8 Å². The third-order valence-electron chi connectivity index (χ3n) is 4.70. The Balaban J connectivity index is 1.63. The minimum absolute atomic E-state index is 0.0867. The molecule has 1 fully saturated rings. The van der Waals surface area contributed by atoms with Crippen molar-refractivity contribution < 1.29 is 18.3 Å². The smallest absolute Gasteiger partial charge is 0.394 e. The second-order valence-electron chi connectivity index (χ2n) is 7.19. The number of rotatable bonds is 7. The van der Waals surface area contributed by atoms with E-state index < -0.39 is 12.2 Å². The summed E-state index contributed by atoms with van der Waals surface area (Å²) in [5.41, 5.74) is 2.27. The van der Waals surface area contributed by atoms with Gasteiger partial charge in [-0.25, -0.2) is 0 Å². The molecule has 1 unspecified atom stereocenters. The molecule has 2 aromatic rings. The van der Waals surface area contributed by atoms with E-state index in [0.717, 1.165) is 24.0 Å². The summed E-state index contributed by atoms with van der Waals surface area (Å²) in [5.74, 6) is -0.0140. The average molecular weight is 374 g/mol. The van der Waals surface area contributed by atoms with Crippen LogP contribution in [0.15, 0.2) is 48.5 Å². The van der Waals surface area contributed by atoms with Crippen molar-refractivity contribution in [1.82, 2.24) is 5.32 Å². The van der Waals surface area contributed by atoms with Crippen molar-refractivity contribution in [3.63, 3.8) is 0 Å². The van der Waals surface area contributed by atoms with Gasteiger partial charge in [0.2, 0.25) is 5.91 Å². The Bertz CT molecular complexity index is 815. The molecule has 0 saturated heterocycles. The summed E-state index contributed by atoms with van der Waals surface area (Å²) in [7, 11) is 0. The van der Waals surface area contributed by atoms with Crippen LogP contribution in [0, 0.1) is 6.92 Å². The van der Waals surface area contributed by atoms with Crippen molar-refractivity contribution in [1.29, 1.82) is 0 Å². The molecule has 0 bridgehead atoms. The van der Waals surface area contributed by atoms with Crippen LogP contribution in [0.25, 0.3) is 0 Å². The van der Waals surface area contributed by atoms with Crippen LogP contribution in [0.5, 0.6) is 5.75 Å². The van der Waals surface area contributed by atoms with Crippen molar-refractivity contribution in [2.75, 3.05) is 5.32 Å². The standard InChI is InChI=1S/C21H24F2N2O2/c1-14-13-17(27-20(3,22)23)9-10-18(14)24-15(2)19(26)25-21(11-12-21)16-7-5-4-6-8-16/h4-10,13,15,24H,11-12H2,1-3H3,(H,25,26). The molecule has 1 aliphatic carbocycles. The van der Waals surface area contributed by atoms with Gasteiger partial charge in [0.15, 0.2) is 0 Å². The zero-order chi connectivity index (χ0) is 19.7. The summed E-state index contributed by atoms with van der Waals surface area (Å²) in [6.45, 7) is 4.25. The van der Waals surface area contributed by atoms with E-state index in [1.165, 1.54) is 12.1 Å². The minimum atomic E-state index is -3.23. The zero-order valence-corrected chi connectivity index (χ0v) is 15.7. The third kappa shape index (κ3) is 4.76. The first-order valence-electron chi connectivity index (χ1n) is 9.00. The highest BCUT2D eigenvalue weighted by Gasteiger charge is 2.46. The molecule has 6 heteroatoms. The SMILES string of the molecule is Cc1cc(OC(C)(F)F)ccc1NC(C)C(=O)NC1(c2ccccc2)CC1. The summed E-state index contributed by atoms with van der Waals surface area (Å²) < 4.78 is 30.5. The van der Waals surface area contributed by atoms with Crippen LogP contribution >= 0.6 is 0 Å². The van der Waals surface area contributed by atoms with E-state index in [9.17, 15) is 13.6 Å². The van der Waals surface area contributed by atoms with Crippen LogP contribution in [0.4, 0.5) is 14.5 Å². The first-order chi connectivity index (χ1) is 12.7. The maximum Gasteiger partial charge on any atom is 0.394 e. The molecule has 0 heterocycles. The summed E-state index contributed by atoms with van der Waals surface area (Å²) in [5, 5.41) is 6.29. The highest BCUT2D eigenvalue weighted by Crippen LogP contribution is 2.45. The van der Waals surface area contributed by atoms with E-state index in [-0.39, 0.29) is 17.2 Å². The second kappa shape index (κ2) is 7.18. The van der Waals surface area contributed by atoms with Gasteiger partial charge in [0.05, 0.1) is 5.54 Å². The van der Waals surface area contributed by atoms with E-state index in [4.69, 9.17) is 0 Å². The maximum atomic E-state index is 13.0. The summed E-state index contributed by atoms with van der Waals surface area (Å²) >= 11 is 0. The molecule has 1 saturated carbocycles. The molecule has 1 atom stereocenters. The van der Waals surface area contributed by atoms with Gasteiger partial charge in [-0.05, 0) is 56.0 Å². The normalized spacial score (nSPS) is 16.3. The monoisotopic (exact) mass is 374 g/mol. The number of nitrogens with one attached hydrogen (secondary N) is 2. The fraction of sp³-hybridized carbons (Fsp3) is 0.381. The number of carbonyl (C=O) groups excluding carboxylic acids is 1. The number of amides is 1. The van der Waals surface area contributed by atoms with Gasteiger partial charge >= 0.3 is 6.11 Å². The van der Waals surface area contributed by atoms with Gasteiger partial charge in [-0.15, -0.1) is 0 Å². The Morgan fingerprint density at radius 2 is 1.85 bits per heavy atom. The topological polar surface area (TPSA) is 50.4 Å². The van der Waals surface area contributed by atoms with Gasteiger partial charge in [0.1, 0.15) is 11.8 Å². The van der Waals surface area contributed by atoms with E-state index in [2.05, 4.69) is 15.4 Å². The van der Waals surface area contributed by atoms with Crippen molar-refractivity contribution in [3.8, 4) is 5.75 Å². The van der Waals surface area contributed by atoms with E-state index in [0.29, 0.717) is 12.6 Å². The molecule has 3 rings (SSSR count). The number of ether oxygens (including phenoxy) is 1. The number of carbonyl (C=O) groups is 1. The van der Waals surface area contributed by atoms with Crippen molar-refractivity contribution in [3.05, 3.63) is 59.7 Å². The molecule has 0 spiro atoms. The molecule has 4 nitrogen and oxygen atoms in total. The van der Waals surface area contributed by atoms with Gasteiger partial charge in [-0.1, -0.05) is 30.3 Å². The quantitative estimate of drug-likeness (QED) is 0.745. The molecule has 27 heavy (non-hydrogen) atoms. The van der Waals surface area contributed by atoms with E-state index in [1.807, 2.05) is 30.3 Å². The largest absolute Gasteiger partial charge is 0.433 e. The third-order valence-corrected chi connectivity index (χ3v) is 4.70. The molecule has 1 amide bonds.